The van der Waals surface area contributed by atoms with Gasteiger partial charge in [0.2, 0.25) is 5.82 Å². The number of nitrogens with zero attached hydrogens (tertiary/aromatic N) is 5. The number of nitrogens with one attached hydrogen (secondary N) is 2. The van der Waals surface area contributed by atoms with Gasteiger partial charge >= 0.3 is 0 Å². The summed E-state index contributed by atoms with van der Waals surface area (Å²) in [4.78, 5) is 4.47. The fraction of sp³-hybridized carbons (Fsp3) is 0.0588. The quantitative estimate of drug-likeness (QED) is 0.298. The SMILES string of the molecule is Cc1cc(Nc2nc(/C(=N/O)c3ccc(F)cc3)nn3cccc23)n[nH]1. The number of aromatic nitrogens is 5. The highest BCUT2D eigenvalue weighted by Crippen LogP contribution is 2.20. The van der Waals surface area contributed by atoms with Crippen LogP contribution in [0.2, 0.25) is 0 Å². The van der Waals surface area contributed by atoms with Gasteiger partial charge in [-0.25, -0.2) is 13.9 Å². The summed E-state index contributed by atoms with van der Waals surface area (Å²) in [5, 5.41) is 27.3. The molecule has 4 aromatic rings. The predicted octanol–water partition coefficient (Wildman–Crippen LogP) is 2.87. The lowest BCUT2D eigenvalue weighted by Crippen LogP contribution is -2.13. The zero-order chi connectivity index (χ0) is 18.1. The smallest absolute Gasteiger partial charge is 0.204 e. The molecule has 1 aromatic carbocycles. The molecule has 26 heavy (non-hydrogen) atoms. The number of anilines is 2. The Morgan fingerprint density at radius 2 is 2.08 bits per heavy atom. The number of H-pyrrole nitrogens is 1. The molecule has 4 rings (SSSR count). The van der Waals surface area contributed by atoms with Crippen LogP contribution in [0.5, 0.6) is 0 Å². The van der Waals surface area contributed by atoms with Crippen molar-refractivity contribution in [1.29, 1.82) is 0 Å². The molecule has 0 amide bonds. The number of fused-ring (bicyclic) bond motifs is 1. The van der Waals surface area contributed by atoms with Crippen molar-refractivity contribution in [3.8, 4) is 0 Å². The highest BCUT2D eigenvalue weighted by Gasteiger charge is 2.16. The van der Waals surface area contributed by atoms with Crippen LogP contribution in [0.3, 0.4) is 0 Å². The Morgan fingerprint density at radius 3 is 2.77 bits per heavy atom. The van der Waals surface area contributed by atoms with Gasteiger partial charge < -0.3 is 10.5 Å². The van der Waals surface area contributed by atoms with Crippen molar-refractivity contribution >= 4 is 22.9 Å². The van der Waals surface area contributed by atoms with E-state index in [-0.39, 0.29) is 17.4 Å². The monoisotopic (exact) mass is 351 g/mol. The van der Waals surface area contributed by atoms with Crippen molar-refractivity contribution in [3.63, 3.8) is 0 Å². The first-order valence-electron chi connectivity index (χ1n) is 7.77. The normalized spacial score (nSPS) is 11.8. The van der Waals surface area contributed by atoms with Crippen LogP contribution in [0.15, 0.2) is 53.8 Å². The minimum atomic E-state index is -0.385. The summed E-state index contributed by atoms with van der Waals surface area (Å²) in [6.45, 7) is 1.89. The fourth-order valence-corrected chi connectivity index (χ4v) is 2.57. The van der Waals surface area contributed by atoms with Crippen LogP contribution in [0, 0.1) is 12.7 Å². The van der Waals surface area contributed by atoms with E-state index in [1.54, 1.807) is 10.7 Å². The number of hydrogen-bond donors (Lipinski definition) is 3. The third-order valence-electron chi connectivity index (χ3n) is 3.77. The maximum absolute atomic E-state index is 13.2. The van der Waals surface area contributed by atoms with Crippen molar-refractivity contribution in [2.24, 2.45) is 5.16 Å². The van der Waals surface area contributed by atoms with Gasteiger partial charge in [0.15, 0.2) is 17.3 Å². The van der Waals surface area contributed by atoms with Crippen molar-refractivity contribution < 1.29 is 9.60 Å². The van der Waals surface area contributed by atoms with Gasteiger partial charge in [-0.05, 0) is 43.3 Å². The average molecular weight is 351 g/mol. The van der Waals surface area contributed by atoms with Crippen molar-refractivity contribution in [3.05, 3.63) is 71.6 Å². The van der Waals surface area contributed by atoms with Crippen LogP contribution in [0.4, 0.5) is 16.0 Å². The second-order valence-electron chi connectivity index (χ2n) is 5.64. The van der Waals surface area contributed by atoms with Gasteiger partial charge in [-0.3, -0.25) is 5.10 Å². The molecule has 3 N–H and O–H groups in total. The number of rotatable bonds is 4. The molecule has 0 radical (unpaired) electrons. The lowest BCUT2D eigenvalue weighted by atomic mass is 10.1. The molecule has 0 aliphatic carbocycles. The van der Waals surface area contributed by atoms with E-state index >= 15 is 0 Å². The third-order valence-corrected chi connectivity index (χ3v) is 3.77. The first-order chi connectivity index (χ1) is 12.6. The topological polar surface area (TPSA) is 103 Å². The molecule has 0 fully saturated rings. The zero-order valence-corrected chi connectivity index (χ0v) is 13.7. The first kappa shape index (κ1) is 15.8. The number of aromatic amines is 1. The number of hydrogen-bond acceptors (Lipinski definition) is 6. The van der Waals surface area contributed by atoms with Gasteiger partial charge in [0.25, 0.3) is 0 Å². The van der Waals surface area contributed by atoms with Gasteiger partial charge in [0.1, 0.15) is 11.3 Å². The molecule has 0 aliphatic heterocycles. The molecule has 8 nitrogen and oxygen atoms in total. The maximum Gasteiger partial charge on any atom is 0.204 e. The highest BCUT2D eigenvalue weighted by atomic mass is 19.1. The second-order valence-corrected chi connectivity index (χ2v) is 5.64. The van der Waals surface area contributed by atoms with E-state index < -0.39 is 0 Å². The molecule has 0 saturated heterocycles. The van der Waals surface area contributed by atoms with E-state index in [1.807, 2.05) is 25.1 Å². The number of oxime groups is 1. The zero-order valence-electron chi connectivity index (χ0n) is 13.7. The lowest BCUT2D eigenvalue weighted by Gasteiger charge is -2.09. The Balaban J connectivity index is 1.81. The molecule has 0 saturated carbocycles. The largest absolute Gasteiger partial charge is 0.410 e. The van der Waals surface area contributed by atoms with Gasteiger partial charge in [-0.1, -0.05) is 5.16 Å². The average Bonchev–Trinajstić information content (AvgIpc) is 3.26. The van der Waals surface area contributed by atoms with Crippen LogP contribution in [0.25, 0.3) is 5.52 Å². The molecule has 3 heterocycles. The first-order valence-corrected chi connectivity index (χ1v) is 7.77. The summed E-state index contributed by atoms with van der Waals surface area (Å²) in [6, 6.07) is 11.1. The maximum atomic E-state index is 13.2. The predicted molar refractivity (Wildman–Crippen MR) is 93.4 cm³/mol. The van der Waals surface area contributed by atoms with Gasteiger partial charge in [0, 0.05) is 23.5 Å². The standard InChI is InChI=1S/C17H14FN7O/c1-10-9-14(22-21-10)19-16-13-3-2-8-25(13)23-17(20-16)15(24-26)11-4-6-12(18)7-5-11/h2-9,26H,1H3,(H2,19,20,21,22,23)/b24-15+. The van der Waals surface area contributed by atoms with E-state index in [0.717, 1.165) is 11.2 Å². The molecular formula is C17H14FN7O. The number of halogens is 1. The van der Waals surface area contributed by atoms with Crippen LogP contribution >= 0.6 is 0 Å². The van der Waals surface area contributed by atoms with Gasteiger partial charge in [-0.2, -0.15) is 5.10 Å². The lowest BCUT2D eigenvalue weighted by molar-refractivity contribution is 0.319. The Kier molecular flexibility index (Phi) is 3.81. The highest BCUT2D eigenvalue weighted by molar-refractivity contribution is 6.10. The van der Waals surface area contributed by atoms with Crippen LogP contribution in [0.1, 0.15) is 17.1 Å². The van der Waals surface area contributed by atoms with E-state index in [4.69, 9.17) is 0 Å². The van der Waals surface area contributed by atoms with Gasteiger partial charge in [-0.15, -0.1) is 5.10 Å². The molecule has 0 spiro atoms. The minimum Gasteiger partial charge on any atom is -0.410 e. The van der Waals surface area contributed by atoms with Crippen LogP contribution in [-0.2, 0) is 0 Å². The Labute approximate surface area is 147 Å². The molecule has 9 heteroatoms. The van der Waals surface area contributed by atoms with Crippen molar-refractivity contribution in [2.45, 2.75) is 6.92 Å². The fourth-order valence-electron chi connectivity index (χ4n) is 2.57. The molecular weight excluding hydrogens is 337 g/mol. The van der Waals surface area contributed by atoms with Crippen LogP contribution in [-0.4, -0.2) is 35.7 Å². The molecule has 3 aromatic heterocycles. The van der Waals surface area contributed by atoms with Crippen molar-refractivity contribution in [2.75, 3.05) is 5.32 Å². The number of aryl methyl sites for hydroxylation is 1. The second kappa shape index (κ2) is 6.28. The molecule has 0 bridgehead atoms. The van der Waals surface area contributed by atoms with E-state index in [1.165, 1.54) is 24.3 Å². The van der Waals surface area contributed by atoms with Crippen LogP contribution < -0.4 is 5.32 Å². The Hall–Kier alpha value is -3.75. The third kappa shape index (κ3) is 2.86. The van der Waals surface area contributed by atoms with E-state index in [9.17, 15) is 9.60 Å². The summed E-state index contributed by atoms with van der Waals surface area (Å²) < 4.78 is 14.8. The Bertz CT molecular complexity index is 1100. The summed E-state index contributed by atoms with van der Waals surface area (Å²) in [5.74, 6) is 0.885. The summed E-state index contributed by atoms with van der Waals surface area (Å²) in [7, 11) is 0. The summed E-state index contributed by atoms with van der Waals surface area (Å²) in [6.07, 6.45) is 1.75. The molecule has 130 valence electrons. The van der Waals surface area contributed by atoms with E-state index in [0.29, 0.717) is 17.2 Å². The summed E-state index contributed by atoms with van der Waals surface area (Å²) in [5.41, 5.74) is 2.24. The molecule has 0 aliphatic rings. The van der Waals surface area contributed by atoms with Gasteiger partial charge in [0.05, 0.1) is 0 Å². The van der Waals surface area contributed by atoms with E-state index in [2.05, 4.69) is 30.8 Å². The van der Waals surface area contributed by atoms with Crippen molar-refractivity contribution in [1.82, 2.24) is 24.8 Å². The molecule has 0 atom stereocenters. The number of benzene rings is 1. The summed E-state index contributed by atoms with van der Waals surface area (Å²) >= 11 is 0. The Morgan fingerprint density at radius 1 is 1.27 bits per heavy atom. The molecule has 0 unspecified atom stereocenters. The minimum absolute atomic E-state index is 0.127.